The highest BCUT2D eigenvalue weighted by atomic mass is 32.2. The molecule has 0 radical (unpaired) electrons. The maximum absolute atomic E-state index is 12.2. The van der Waals surface area contributed by atoms with Gasteiger partial charge >= 0.3 is 5.97 Å². The maximum atomic E-state index is 12.2. The standard InChI is InChI=1S/C18H23NO5S2/c1-3-19(15-10-11-26(22,23)13-15)17(20)12-24-18(21)9-6-14-4-7-16(25-2)8-5-14/h4-9,15H,3,10-13H2,1-2H3/b9-6+/t15-/m0/s1. The Morgan fingerprint density at radius 3 is 2.54 bits per heavy atom. The number of esters is 1. The number of hydrogen-bond donors (Lipinski definition) is 0. The lowest BCUT2D eigenvalue weighted by molar-refractivity contribution is -0.149. The van der Waals surface area contributed by atoms with Gasteiger partial charge in [0.25, 0.3) is 5.91 Å². The topological polar surface area (TPSA) is 80.8 Å². The summed E-state index contributed by atoms with van der Waals surface area (Å²) in [4.78, 5) is 26.7. The van der Waals surface area contributed by atoms with Crippen molar-refractivity contribution in [2.75, 3.05) is 30.9 Å². The van der Waals surface area contributed by atoms with Gasteiger partial charge in [-0.05, 0) is 43.4 Å². The molecule has 1 aromatic carbocycles. The average Bonchev–Trinajstić information content (AvgIpc) is 2.98. The van der Waals surface area contributed by atoms with E-state index >= 15 is 0 Å². The lowest BCUT2D eigenvalue weighted by Crippen LogP contribution is -2.43. The number of carbonyl (C=O) groups excluding carboxylic acids is 2. The third-order valence-corrected chi connectivity index (χ3v) is 6.67. The van der Waals surface area contributed by atoms with Crippen molar-refractivity contribution in [1.82, 2.24) is 4.90 Å². The molecule has 1 aromatic rings. The van der Waals surface area contributed by atoms with Crippen molar-refractivity contribution in [3.8, 4) is 0 Å². The first-order chi connectivity index (χ1) is 12.3. The Morgan fingerprint density at radius 2 is 2.00 bits per heavy atom. The highest BCUT2D eigenvalue weighted by Crippen LogP contribution is 2.18. The van der Waals surface area contributed by atoms with Gasteiger partial charge in [-0.15, -0.1) is 11.8 Å². The van der Waals surface area contributed by atoms with Crippen molar-refractivity contribution >= 4 is 39.6 Å². The molecule has 0 N–H and O–H groups in total. The van der Waals surface area contributed by atoms with E-state index in [2.05, 4.69) is 0 Å². The lowest BCUT2D eigenvalue weighted by Gasteiger charge is -2.26. The fraction of sp³-hybridized carbons (Fsp3) is 0.444. The van der Waals surface area contributed by atoms with Gasteiger partial charge in [-0.2, -0.15) is 0 Å². The molecule has 26 heavy (non-hydrogen) atoms. The van der Waals surface area contributed by atoms with Crippen LogP contribution < -0.4 is 0 Å². The van der Waals surface area contributed by atoms with E-state index in [1.807, 2.05) is 30.5 Å². The van der Waals surface area contributed by atoms with Crippen molar-refractivity contribution in [3.05, 3.63) is 35.9 Å². The highest BCUT2D eigenvalue weighted by Gasteiger charge is 2.34. The van der Waals surface area contributed by atoms with Crippen LogP contribution in [0.5, 0.6) is 0 Å². The van der Waals surface area contributed by atoms with Gasteiger partial charge < -0.3 is 9.64 Å². The zero-order valence-electron chi connectivity index (χ0n) is 14.9. The minimum Gasteiger partial charge on any atom is -0.452 e. The number of rotatable bonds is 7. The van der Waals surface area contributed by atoms with E-state index in [0.717, 1.165) is 10.5 Å². The molecular formula is C18H23NO5S2. The molecule has 1 atom stereocenters. The Bertz CT molecular complexity index is 771. The van der Waals surface area contributed by atoms with Gasteiger partial charge in [-0.3, -0.25) is 4.79 Å². The Labute approximate surface area is 158 Å². The van der Waals surface area contributed by atoms with Crippen LogP contribution in [-0.4, -0.2) is 62.1 Å². The van der Waals surface area contributed by atoms with Crippen molar-refractivity contribution in [2.45, 2.75) is 24.3 Å². The minimum atomic E-state index is -3.07. The molecule has 142 valence electrons. The SMILES string of the molecule is CCN(C(=O)COC(=O)/C=C/c1ccc(SC)cc1)[C@H]1CCS(=O)(=O)C1. The summed E-state index contributed by atoms with van der Waals surface area (Å²) in [6, 6.07) is 7.35. The van der Waals surface area contributed by atoms with Crippen LogP contribution in [-0.2, 0) is 24.2 Å². The monoisotopic (exact) mass is 397 g/mol. The molecular weight excluding hydrogens is 374 g/mol. The molecule has 8 heteroatoms. The highest BCUT2D eigenvalue weighted by molar-refractivity contribution is 7.98. The molecule has 2 rings (SSSR count). The number of hydrogen-bond acceptors (Lipinski definition) is 6. The third kappa shape index (κ3) is 5.88. The number of ether oxygens (including phenoxy) is 1. The molecule has 0 unspecified atom stereocenters. The van der Waals surface area contributed by atoms with Crippen molar-refractivity contribution in [1.29, 1.82) is 0 Å². The number of carbonyl (C=O) groups is 2. The fourth-order valence-corrected chi connectivity index (χ4v) is 4.94. The normalized spacial score (nSPS) is 18.8. The van der Waals surface area contributed by atoms with Crippen LogP contribution >= 0.6 is 11.8 Å². The van der Waals surface area contributed by atoms with Gasteiger partial charge in [0.1, 0.15) is 0 Å². The number of sulfone groups is 1. The molecule has 1 heterocycles. The fourth-order valence-electron chi connectivity index (χ4n) is 2.80. The summed E-state index contributed by atoms with van der Waals surface area (Å²) in [5, 5.41) is 0. The van der Waals surface area contributed by atoms with Gasteiger partial charge in [0, 0.05) is 23.6 Å². The van der Waals surface area contributed by atoms with Gasteiger partial charge in [0.05, 0.1) is 11.5 Å². The summed E-state index contributed by atoms with van der Waals surface area (Å²) >= 11 is 1.63. The van der Waals surface area contributed by atoms with E-state index in [1.54, 1.807) is 24.8 Å². The predicted molar refractivity (Wildman–Crippen MR) is 103 cm³/mol. The molecule has 1 aliphatic rings. The zero-order valence-corrected chi connectivity index (χ0v) is 16.5. The quantitative estimate of drug-likeness (QED) is 0.398. The van der Waals surface area contributed by atoms with E-state index in [-0.39, 0.29) is 30.1 Å². The van der Waals surface area contributed by atoms with Crippen LogP contribution in [0.2, 0.25) is 0 Å². The second-order valence-electron chi connectivity index (χ2n) is 5.95. The van der Waals surface area contributed by atoms with Crippen LogP contribution in [0.3, 0.4) is 0 Å². The van der Waals surface area contributed by atoms with Crippen molar-refractivity contribution in [2.24, 2.45) is 0 Å². The third-order valence-electron chi connectivity index (χ3n) is 4.18. The van der Waals surface area contributed by atoms with Crippen molar-refractivity contribution in [3.63, 3.8) is 0 Å². The number of thioether (sulfide) groups is 1. The van der Waals surface area contributed by atoms with Crippen LogP contribution in [0.1, 0.15) is 18.9 Å². The Balaban J connectivity index is 1.85. The summed E-state index contributed by atoms with van der Waals surface area (Å²) in [7, 11) is -3.07. The van der Waals surface area contributed by atoms with Crippen molar-refractivity contribution < 1.29 is 22.7 Å². The predicted octanol–water partition coefficient (Wildman–Crippen LogP) is 2.00. The van der Waals surface area contributed by atoms with Gasteiger partial charge in [0.2, 0.25) is 0 Å². The van der Waals surface area contributed by atoms with Gasteiger partial charge in [-0.1, -0.05) is 12.1 Å². The lowest BCUT2D eigenvalue weighted by atomic mass is 10.2. The molecule has 0 saturated carbocycles. The van der Waals surface area contributed by atoms with Crippen LogP contribution in [0, 0.1) is 0 Å². The van der Waals surface area contributed by atoms with E-state index in [9.17, 15) is 18.0 Å². The number of likely N-dealkylation sites (N-methyl/N-ethyl adjacent to an activating group) is 1. The summed E-state index contributed by atoms with van der Waals surface area (Å²) in [6.07, 6.45) is 5.32. The second kappa shape index (κ2) is 9.23. The Hall–Kier alpha value is -1.80. The zero-order chi connectivity index (χ0) is 19.2. The first kappa shape index (κ1) is 20.5. The molecule has 1 saturated heterocycles. The molecule has 0 aromatic heterocycles. The second-order valence-corrected chi connectivity index (χ2v) is 9.06. The molecule has 1 aliphatic heterocycles. The summed E-state index contributed by atoms with van der Waals surface area (Å²) in [6.45, 7) is 1.77. The molecule has 0 bridgehead atoms. The molecule has 0 aliphatic carbocycles. The van der Waals surface area contributed by atoms with E-state index < -0.39 is 15.8 Å². The number of amides is 1. The molecule has 1 fully saturated rings. The molecule has 0 spiro atoms. The Kier molecular flexibility index (Phi) is 7.28. The van der Waals surface area contributed by atoms with E-state index in [4.69, 9.17) is 4.74 Å². The smallest absolute Gasteiger partial charge is 0.331 e. The van der Waals surface area contributed by atoms with Gasteiger partial charge in [0.15, 0.2) is 16.4 Å². The molecule has 1 amide bonds. The van der Waals surface area contributed by atoms with Gasteiger partial charge in [-0.25, -0.2) is 13.2 Å². The molecule has 6 nitrogen and oxygen atoms in total. The van der Waals surface area contributed by atoms with E-state index in [1.165, 1.54) is 11.0 Å². The average molecular weight is 398 g/mol. The number of nitrogens with zero attached hydrogens (tertiary/aromatic N) is 1. The Morgan fingerprint density at radius 1 is 1.31 bits per heavy atom. The summed E-state index contributed by atoms with van der Waals surface area (Å²) in [5.74, 6) is -0.908. The maximum Gasteiger partial charge on any atom is 0.331 e. The van der Waals surface area contributed by atoms with Crippen LogP contribution in [0.4, 0.5) is 0 Å². The van der Waals surface area contributed by atoms with Crippen LogP contribution in [0.15, 0.2) is 35.2 Å². The number of benzene rings is 1. The largest absolute Gasteiger partial charge is 0.452 e. The van der Waals surface area contributed by atoms with Crippen LogP contribution in [0.25, 0.3) is 6.08 Å². The van der Waals surface area contributed by atoms with E-state index in [0.29, 0.717) is 13.0 Å². The first-order valence-electron chi connectivity index (χ1n) is 8.33. The summed E-state index contributed by atoms with van der Waals surface area (Å²) < 4.78 is 28.1. The first-order valence-corrected chi connectivity index (χ1v) is 11.4. The minimum absolute atomic E-state index is 0.0214. The summed E-state index contributed by atoms with van der Waals surface area (Å²) in [5.41, 5.74) is 0.859.